The molecule has 0 aromatic carbocycles. The Morgan fingerprint density at radius 3 is 1.08 bits per heavy atom. The van der Waals surface area contributed by atoms with Crippen LogP contribution in [0.1, 0.15) is 226 Å². The predicted molar refractivity (Wildman–Crippen MR) is 337 cm³/mol. The second kappa shape index (κ2) is 58.5. The number of phosphoric ester groups is 1. The summed E-state index contributed by atoms with van der Waals surface area (Å²) in [5, 5.41) is 0. The molecule has 10 heteroatoms. The van der Waals surface area contributed by atoms with Gasteiger partial charge in [0.05, 0.1) is 27.7 Å². The molecule has 448 valence electrons. The van der Waals surface area contributed by atoms with Gasteiger partial charge in [-0.1, -0.05) is 256 Å². The van der Waals surface area contributed by atoms with Crippen molar-refractivity contribution < 1.29 is 42.1 Å². The normalized spacial score (nSPS) is 14.3. The summed E-state index contributed by atoms with van der Waals surface area (Å²) in [6.45, 7) is 4.07. The van der Waals surface area contributed by atoms with Crippen molar-refractivity contribution in [2.24, 2.45) is 0 Å². The Hall–Kier alpha value is -4.11. The molecule has 0 saturated heterocycles. The quantitative estimate of drug-likeness (QED) is 0.0195. The summed E-state index contributed by atoms with van der Waals surface area (Å²) in [5.41, 5.74) is 0. The maximum atomic E-state index is 12.8. The van der Waals surface area contributed by atoms with Crippen molar-refractivity contribution in [3.8, 4) is 0 Å². The first-order valence-corrected chi connectivity index (χ1v) is 32.5. The van der Waals surface area contributed by atoms with Crippen molar-refractivity contribution in [1.82, 2.24) is 0 Å². The highest BCUT2D eigenvalue weighted by Gasteiger charge is 2.21. The molecule has 0 aliphatic rings. The number of unbranched alkanes of at least 4 members (excludes halogenated alkanes) is 17. The Balaban J connectivity index is 4.23. The van der Waals surface area contributed by atoms with Gasteiger partial charge in [0.25, 0.3) is 7.82 Å². The van der Waals surface area contributed by atoms with Gasteiger partial charge in [-0.05, 0) is 103 Å². The van der Waals surface area contributed by atoms with E-state index in [0.29, 0.717) is 17.4 Å². The summed E-state index contributed by atoms with van der Waals surface area (Å²) < 4.78 is 34.1. The van der Waals surface area contributed by atoms with Gasteiger partial charge in [0.15, 0.2) is 6.10 Å². The van der Waals surface area contributed by atoms with Crippen molar-refractivity contribution in [3.05, 3.63) is 146 Å². The zero-order chi connectivity index (χ0) is 57.7. The molecule has 9 nitrogen and oxygen atoms in total. The fourth-order valence-corrected chi connectivity index (χ4v) is 8.60. The van der Waals surface area contributed by atoms with E-state index in [1.54, 1.807) is 0 Å². The smallest absolute Gasteiger partial charge is 0.306 e. The highest BCUT2D eigenvalue weighted by atomic mass is 31.2. The first-order valence-electron chi connectivity index (χ1n) is 31.0. The van der Waals surface area contributed by atoms with E-state index in [1.165, 1.54) is 83.5 Å². The van der Waals surface area contributed by atoms with E-state index in [1.807, 2.05) is 21.1 Å². The van der Waals surface area contributed by atoms with Gasteiger partial charge in [0.1, 0.15) is 19.8 Å². The van der Waals surface area contributed by atoms with Gasteiger partial charge in [-0.3, -0.25) is 14.2 Å². The van der Waals surface area contributed by atoms with Crippen molar-refractivity contribution >= 4 is 19.8 Å². The molecular formula is C69H114NO8P. The van der Waals surface area contributed by atoms with Crippen LogP contribution in [-0.4, -0.2) is 70.0 Å². The molecule has 0 amide bonds. The monoisotopic (exact) mass is 1120 g/mol. The number of esters is 2. The Bertz CT molecular complexity index is 1840. The van der Waals surface area contributed by atoms with Gasteiger partial charge in [-0.15, -0.1) is 0 Å². The van der Waals surface area contributed by atoms with Crippen LogP contribution in [-0.2, 0) is 32.7 Å². The molecule has 0 spiro atoms. The number of allylic oxidation sites excluding steroid dienone is 24. The summed E-state index contributed by atoms with van der Waals surface area (Å²) in [5.74, 6) is -0.890. The van der Waals surface area contributed by atoms with Crippen molar-refractivity contribution in [1.29, 1.82) is 0 Å². The van der Waals surface area contributed by atoms with E-state index in [4.69, 9.17) is 18.5 Å². The lowest BCUT2D eigenvalue weighted by Gasteiger charge is -2.28. The summed E-state index contributed by atoms with van der Waals surface area (Å²) in [4.78, 5) is 37.8. The fourth-order valence-electron chi connectivity index (χ4n) is 7.87. The van der Waals surface area contributed by atoms with Crippen LogP contribution in [0.2, 0.25) is 0 Å². The molecule has 0 N–H and O–H groups in total. The van der Waals surface area contributed by atoms with Crippen LogP contribution >= 0.6 is 7.82 Å². The Labute approximate surface area is 484 Å². The van der Waals surface area contributed by atoms with E-state index >= 15 is 0 Å². The van der Waals surface area contributed by atoms with Crippen LogP contribution in [0.4, 0.5) is 0 Å². The zero-order valence-electron chi connectivity index (χ0n) is 50.8. The first kappa shape index (κ1) is 74.9. The molecule has 0 rings (SSSR count). The van der Waals surface area contributed by atoms with Crippen molar-refractivity contribution in [2.45, 2.75) is 232 Å². The van der Waals surface area contributed by atoms with Crippen LogP contribution in [0.15, 0.2) is 146 Å². The summed E-state index contributed by atoms with van der Waals surface area (Å²) in [7, 11) is 1.12. The third-order valence-electron chi connectivity index (χ3n) is 12.6. The van der Waals surface area contributed by atoms with Crippen LogP contribution < -0.4 is 4.89 Å². The lowest BCUT2D eigenvalue weighted by molar-refractivity contribution is -0.870. The fraction of sp³-hybridized carbons (Fsp3) is 0.623. The lowest BCUT2D eigenvalue weighted by atomic mass is 10.0. The summed E-state index contributed by atoms with van der Waals surface area (Å²) >= 11 is 0. The minimum atomic E-state index is -4.66. The molecule has 0 radical (unpaired) electrons. The maximum absolute atomic E-state index is 12.8. The molecule has 0 saturated carbocycles. The molecule has 2 unspecified atom stereocenters. The Morgan fingerprint density at radius 2 is 0.722 bits per heavy atom. The number of nitrogens with zero attached hydrogens (tertiary/aromatic N) is 1. The molecule has 0 aliphatic carbocycles. The standard InChI is InChI=1S/C69H114NO8P/c1-6-8-10-12-14-16-18-20-22-24-25-26-27-28-29-30-31-32-33-34-35-36-37-38-39-40-41-42-43-44-45-46-48-50-52-54-56-58-60-62-69(72)78-67(66-77-79(73,74)76-64-63-70(3,4)5)65-75-68(71)61-59-57-55-53-51-49-47-23-21-19-17-15-13-11-9-7-2/h8,10,14,16,20,22,25-26,28-29,31-32,34-35,37-38,40-41,43-44,46,48,52,54,67H,6-7,9,11-13,15,17-19,21,23-24,27,30,33,36,39,42,45,47,49-51,53,55-66H2,1-5H3/b10-8-,16-14-,22-20-,26-25-,29-28-,32-31-,35-34-,38-37-,41-40-,44-43-,48-46-,54-52-. The van der Waals surface area contributed by atoms with Crippen LogP contribution in [0.25, 0.3) is 0 Å². The number of ether oxygens (including phenoxy) is 2. The molecule has 0 heterocycles. The number of rotatable bonds is 55. The largest absolute Gasteiger partial charge is 0.756 e. The third-order valence-corrected chi connectivity index (χ3v) is 13.6. The number of likely N-dealkylation sites (N-methyl/N-ethyl adjacent to an activating group) is 1. The minimum absolute atomic E-state index is 0.0457. The van der Waals surface area contributed by atoms with Crippen LogP contribution in [0.3, 0.4) is 0 Å². The average molecular weight is 1120 g/mol. The van der Waals surface area contributed by atoms with Gasteiger partial charge < -0.3 is 27.9 Å². The molecule has 0 bridgehead atoms. The molecular weight excluding hydrogens is 1000 g/mol. The first-order chi connectivity index (χ1) is 38.5. The second-order valence-electron chi connectivity index (χ2n) is 21.3. The van der Waals surface area contributed by atoms with Gasteiger partial charge in [0, 0.05) is 12.8 Å². The van der Waals surface area contributed by atoms with Crippen molar-refractivity contribution in [2.75, 3.05) is 47.5 Å². The topological polar surface area (TPSA) is 111 Å². The molecule has 0 fully saturated rings. The molecule has 79 heavy (non-hydrogen) atoms. The Morgan fingerprint density at radius 1 is 0.405 bits per heavy atom. The molecule has 0 aromatic heterocycles. The second-order valence-corrected chi connectivity index (χ2v) is 22.8. The zero-order valence-corrected chi connectivity index (χ0v) is 51.7. The average Bonchev–Trinajstić information content (AvgIpc) is 3.41. The number of phosphoric acid groups is 1. The Kier molecular flexibility index (Phi) is 55.5. The molecule has 0 aromatic rings. The van der Waals surface area contributed by atoms with Gasteiger partial charge in [-0.2, -0.15) is 0 Å². The summed E-state index contributed by atoms with van der Waals surface area (Å²) in [6, 6.07) is 0. The van der Waals surface area contributed by atoms with Crippen LogP contribution in [0, 0.1) is 0 Å². The molecule has 0 aliphatic heterocycles. The highest BCUT2D eigenvalue weighted by molar-refractivity contribution is 7.45. The van der Waals surface area contributed by atoms with E-state index < -0.39 is 32.5 Å². The number of carbonyl (C=O) groups excluding carboxylic acids is 2. The van der Waals surface area contributed by atoms with Crippen LogP contribution in [0.5, 0.6) is 0 Å². The van der Waals surface area contributed by atoms with Gasteiger partial charge in [0.2, 0.25) is 0 Å². The molecule has 2 atom stereocenters. The number of carbonyl (C=O) groups is 2. The van der Waals surface area contributed by atoms with Gasteiger partial charge >= 0.3 is 11.9 Å². The maximum Gasteiger partial charge on any atom is 0.306 e. The van der Waals surface area contributed by atoms with Crippen molar-refractivity contribution in [3.63, 3.8) is 0 Å². The SMILES string of the molecule is CC/C=C\C/C=C\C/C=C\C/C=C\C/C=C\C/C=C\C/C=C\C/C=C\C/C=C\C/C=C\C/C=C\C/C=C\CCCCC(=O)OC(COC(=O)CCCCCCCCCCCCCCCCCC)COP(=O)([O-])OCC[N+](C)(C)C. The van der Waals surface area contributed by atoms with E-state index in [0.717, 1.165) is 109 Å². The number of quaternary nitrogens is 1. The van der Waals surface area contributed by atoms with Gasteiger partial charge in [-0.25, -0.2) is 0 Å². The lowest BCUT2D eigenvalue weighted by Crippen LogP contribution is -2.37. The van der Waals surface area contributed by atoms with E-state index in [9.17, 15) is 19.0 Å². The summed E-state index contributed by atoms with van der Waals surface area (Å²) in [6.07, 6.45) is 86.2. The number of hydrogen-bond donors (Lipinski definition) is 0. The number of hydrogen-bond acceptors (Lipinski definition) is 8. The highest BCUT2D eigenvalue weighted by Crippen LogP contribution is 2.38. The third kappa shape index (κ3) is 62.9. The van der Waals surface area contributed by atoms with E-state index in [-0.39, 0.29) is 26.1 Å². The predicted octanol–water partition coefficient (Wildman–Crippen LogP) is 19.2. The van der Waals surface area contributed by atoms with E-state index in [2.05, 4.69) is 160 Å². The minimum Gasteiger partial charge on any atom is -0.756 e.